The van der Waals surface area contributed by atoms with Crippen LogP contribution < -0.4 is 5.32 Å². The zero-order chi connectivity index (χ0) is 16.4. The quantitative estimate of drug-likeness (QED) is 0.901. The number of hydrogen-bond acceptors (Lipinski definition) is 5. The number of nitrogens with zero attached hydrogens (tertiary/aromatic N) is 2. The van der Waals surface area contributed by atoms with Gasteiger partial charge in [-0.25, -0.2) is 0 Å². The fourth-order valence-electron chi connectivity index (χ4n) is 2.93. The van der Waals surface area contributed by atoms with Gasteiger partial charge in [-0.3, -0.25) is 14.8 Å². The molecule has 3 heterocycles. The molecule has 0 aromatic carbocycles. The Labute approximate surface area is 139 Å². The van der Waals surface area contributed by atoms with E-state index < -0.39 is 0 Å². The maximum absolute atomic E-state index is 12.3. The van der Waals surface area contributed by atoms with E-state index >= 15 is 0 Å². The fraction of sp³-hybridized carbons (Fsp3) is 0.500. The molecule has 2 N–H and O–H groups in total. The number of aromatic nitrogens is 2. The first kappa shape index (κ1) is 16.2. The fourth-order valence-corrected chi connectivity index (χ4v) is 3.63. The van der Waals surface area contributed by atoms with Crippen molar-refractivity contribution in [2.45, 2.75) is 33.0 Å². The van der Waals surface area contributed by atoms with E-state index in [1.54, 1.807) is 11.3 Å². The van der Waals surface area contributed by atoms with Crippen molar-refractivity contribution in [1.82, 2.24) is 15.1 Å². The number of morpholine rings is 1. The summed E-state index contributed by atoms with van der Waals surface area (Å²) in [6.07, 6.45) is 0.147. The summed E-state index contributed by atoms with van der Waals surface area (Å²) in [4.78, 5) is 14.5. The van der Waals surface area contributed by atoms with Gasteiger partial charge in [0, 0.05) is 13.1 Å². The van der Waals surface area contributed by atoms with Gasteiger partial charge >= 0.3 is 0 Å². The summed E-state index contributed by atoms with van der Waals surface area (Å²) in [5.41, 5.74) is 3.66. The SMILES string of the molecule is Cc1n[nH]c(C)c1NC(=O)CN1CC(C)OC(c2ccsc2)C1. The molecule has 1 fully saturated rings. The second kappa shape index (κ2) is 6.82. The first-order valence-corrected chi connectivity index (χ1v) is 8.68. The van der Waals surface area contributed by atoms with Gasteiger partial charge in [0.25, 0.3) is 0 Å². The molecule has 2 atom stereocenters. The molecule has 7 heteroatoms. The molecule has 0 aliphatic carbocycles. The van der Waals surface area contributed by atoms with E-state index in [0.717, 1.165) is 30.2 Å². The number of aromatic amines is 1. The number of aryl methyl sites for hydroxylation is 2. The van der Waals surface area contributed by atoms with Gasteiger partial charge in [0.05, 0.1) is 35.8 Å². The van der Waals surface area contributed by atoms with Crippen LogP contribution in [-0.2, 0) is 9.53 Å². The highest BCUT2D eigenvalue weighted by Crippen LogP contribution is 2.26. The van der Waals surface area contributed by atoms with E-state index in [1.165, 1.54) is 5.56 Å². The highest BCUT2D eigenvalue weighted by Gasteiger charge is 2.28. The molecule has 0 radical (unpaired) electrons. The number of hydrogen-bond donors (Lipinski definition) is 2. The van der Waals surface area contributed by atoms with E-state index in [0.29, 0.717) is 6.54 Å². The van der Waals surface area contributed by atoms with E-state index in [1.807, 2.05) is 20.8 Å². The standard InChI is InChI=1S/C16H22N4O2S/c1-10-6-20(7-14(22-10)13-4-5-23-9-13)8-15(21)17-16-11(2)18-19-12(16)3/h4-5,9-10,14H,6-8H2,1-3H3,(H,17,21)(H,18,19). The molecule has 3 rings (SSSR count). The first-order valence-electron chi connectivity index (χ1n) is 7.74. The van der Waals surface area contributed by atoms with Crippen LogP contribution in [0.5, 0.6) is 0 Å². The number of nitrogens with one attached hydrogen (secondary N) is 2. The van der Waals surface area contributed by atoms with Crippen molar-refractivity contribution in [2.24, 2.45) is 0 Å². The van der Waals surface area contributed by atoms with E-state index in [2.05, 4.69) is 37.2 Å². The molecular weight excluding hydrogens is 312 g/mol. The molecule has 124 valence electrons. The van der Waals surface area contributed by atoms with Gasteiger partial charge in [0.1, 0.15) is 0 Å². The number of H-pyrrole nitrogens is 1. The molecule has 2 aromatic rings. The van der Waals surface area contributed by atoms with Crippen LogP contribution in [0.15, 0.2) is 16.8 Å². The topological polar surface area (TPSA) is 70.2 Å². The minimum Gasteiger partial charge on any atom is -0.368 e. The lowest BCUT2D eigenvalue weighted by Gasteiger charge is -2.36. The van der Waals surface area contributed by atoms with Crippen LogP contribution in [0.3, 0.4) is 0 Å². The Morgan fingerprint density at radius 2 is 2.35 bits per heavy atom. The second-order valence-electron chi connectivity index (χ2n) is 6.04. The molecule has 0 spiro atoms. The number of carbonyl (C=O) groups is 1. The van der Waals surface area contributed by atoms with Crippen molar-refractivity contribution >= 4 is 22.9 Å². The van der Waals surface area contributed by atoms with Crippen molar-refractivity contribution in [3.05, 3.63) is 33.8 Å². The predicted octanol–water partition coefficient (Wildman–Crippen LogP) is 2.49. The molecule has 0 saturated carbocycles. The molecular formula is C16H22N4O2S. The summed E-state index contributed by atoms with van der Waals surface area (Å²) < 4.78 is 6.00. The molecule has 1 aliphatic heterocycles. The summed E-state index contributed by atoms with van der Waals surface area (Å²) in [5.74, 6) is -0.0178. The van der Waals surface area contributed by atoms with Crippen LogP contribution in [0.25, 0.3) is 0 Å². The van der Waals surface area contributed by atoms with Gasteiger partial charge < -0.3 is 10.1 Å². The Morgan fingerprint density at radius 3 is 3.00 bits per heavy atom. The Kier molecular flexibility index (Phi) is 4.79. The van der Waals surface area contributed by atoms with Crippen molar-refractivity contribution in [2.75, 3.05) is 25.0 Å². The lowest BCUT2D eigenvalue weighted by Crippen LogP contribution is -2.45. The average molecular weight is 334 g/mol. The lowest BCUT2D eigenvalue weighted by molar-refractivity contribution is -0.122. The molecule has 1 saturated heterocycles. The Morgan fingerprint density at radius 1 is 1.52 bits per heavy atom. The first-order chi connectivity index (χ1) is 11.0. The van der Waals surface area contributed by atoms with Crippen molar-refractivity contribution < 1.29 is 9.53 Å². The third-order valence-corrected chi connectivity index (χ3v) is 4.71. The monoisotopic (exact) mass is 334 g/mol. The highest BCUT2D eigenvalue weighted by molar-refractivity contribution is 7.07. The maximum atomic E-state index is 12.3. The molecule has 2 aromatic heterocycles. The minimum absolute atomic E-state index is 0.0178. The highest BCUT2D eigenvalue weighted by atomic mass is 32.1. The average Bonchev–Trinajstić information content (AvgIpc) is 3.12. The van der Waals surface area contributed by atoms with E-state index in [-0.39, 0.29) is 18.1 Å². The predicted molar refractivity (Wildman–Crippen MR) is 90.7 cm³/mol. The van der Waals surface area contributed by atoms with Crippen LogP contribution in [-0.4, -0.2) is 46.7 Å². The summed E-state index contributed by atoms with van der Waals surface area (Å²) >= 11 is 1.67. The van der Waals surface area contributed by atoms with Gasteiger partial charge in [0.2, 0.25) is 5.91 Å². The summed E-state index contributed by atoms with van der Waals surface area (Å²) in [6, 6.07) is 2.09. The summed E-state index contributed by atoms with van der Waals surface area (Å²) in [5, 5.41) is 14.1. The number of rotatable bonds is 4. The molecule has 0 bridgehead atoms. The normalized spacial score (nSPS) is 22.2. The molecule has 1 amide bonds. The molecule has 6 nitrogen and oxygen atoms in total. The molecule has 23 heavy (non-hydrogen) atoms. The largest absolute Gasteiger partial charge is 0.368 e. The van der Waals surface area contributed by atoms with Crippen molar-refractivity contribution in [1.29, 1.82) is 0 Å². The van der Waals surface area contributed by atoms with Gasteiger partial charge in [-0.1, -0.05) is 0 Å². The number of amides is 1. The second-order valence-corrected chi connectivity index (χ2v) is 6.82. The molecule has 2 unspecified atom stereocenters. The zero-order valence-corrected chi connectivity index (χ0v) is 14.4. The third-order valence-electron chi connectivity index (χ3n) is 4.01. The zero-order valence-electron chi connectivity index (χ0n) is 13.6. The van der Waals surface area contributed by atoms with Crippen LogP contribution in [0.4, 0.5) is 5.69 Å². The van der Waals surface area contributed by atoms with Crippen LogP contribution in [0.1, 0.15) is 30.0 Å². The smallest absolute Gasteiger partial charge is 0.238 e. The maximum Gasteiger partial charge on any atom is 0.238 e. The Hall–Kier alpha value is -1.70. The van der Waals surface area contributed by atoms with Crippen LogP contribution in [0.2, 0.25) is 0 Å². The lowest BCUT2D eigenvalue weighted by atomic mass is 10.1. The molecule has 1 aliphatic rings. The van der Waals surface area contributed by atoms with Gasteiger partial charge in [-0.15, -0.1) is 0 Å². The minimum atomic E-state index is -0.0178. The number of carbonyl (C=O) groups excluding carboxylic acids is 1. The van der Waals surface area contributed by atoms with Crippen LogP contribution in [0, 0.1) is 13.8 Å². The number of thiophene rings is 1. The summed E-state index contributed by atoms with van der Waals surface area (Å²) in [6.45, 7) is 7.68. The van der Waals surface area contributed by atoms with Gasteiger partial charge in [0.15, 0.2) is 0 Å². The Bertz CT molecular complexity index is 648. The van der Waals surface area contributed by atoms with E-state index in [4.69, 9.17) is 4.74 Å². The van der Waals surface area contributed by atoms with Gasteiger partial charge in [-0.05, 0) is 43.2 Å². The van der Waals surface area contributed by atoms with Crippen molar-refractivity contribution in [3.8, 4) is 0 Å². The van der Waals surface area contributed by atoms with Crippen molar-refractivity contribution in [3.63, 3.8) is 0 Å². The third kappa shape index (κ3) is 3.80. The summed E-state index contributed by atoms with van der Waals surface area (Å²) in [7, 11) is 0. The Balaban J connectivity index is 1.61. The number of anilines is 1. The van der Waals surface area contributed by atoms with Gasteiger partial charge in [-0.2, -0.15) is 16.4 Å². The van der Waals surface area contributed by atoms with Crippen LogP contribution >= 0.6 is 11.3 Å². The number of ether oxygens (including phenoxy) is 1. The van der Waals surface area contributed by atoms with E-state index in [9.17, 15) is 4.79 Å².